The van der Waals surface area contributed by atoms with Crippen molar-refractivity contribution in [3.63, 3.8) is 0 Å². The molecule has 0 radical (unpaired) electrons. The number of nitrogens with zero attached hydrogens (tertiary/aromatic N) is 1. The van der Waals surface area contributed by atoms with Crippen molar-refractivity contribution in [1.82, 2.24) is 0 Å². The van der Waals surface area contributed by atoms with E-state index in [0.717, 1.165) is 0 Å². The standard InChI is InChI=1S/C19H16N2O5/c1-2-7-21-14-9-13(4-6-15(14)24-10-18(21)22)20-19(23)12-3-5-16-17(8-12)26-11-25-16/h2-6,8-9H,1,7,10-11H2,(H,20,23). The highest BCUT2D eigenvalue weighted by molar-refractivity contribution is 6.05. The van der Waals surface area contributed by atoms with E-state index in [1.54, 1.807) is 47.4 Å². The van der Waals surface area contributed by atoms with Crippen molar-refractivity contribution in [2.75, 3.05) is 30.2 Å². The number of hydrogen-bond donors (Lipinski definition) is 1. The van der Waals surface area contributed by atoms with E-state index in [4.69, 9.17) is 14.2 Å². The first-order valence-electron chi connectivity index (χ1n) is 8.05. The first kappa shape index (κ1) is 16.0. The van der Waals surface area contributed by atoms with Gasteiger partial charge in [0.15, 0.2) is 18.1 Å². The van der Waals surface area contributed by atoms with Crippen molar-refractivity contribution in [2.45, 2.75) is 0 Å². The van der Waals surface area contributed by atoms with Gasteiger partial charge in [0.05, 0.1) is 5.69 Å². The van der Waals surface area contributed by atoms with Crippen LogP contribution in [0.1, 0.15) is 10.4 Å². The molecule has 26 heavy (non-hydrogen) atoms. The van der Waals surface area contributed by atoms with Crippen LogP contribution in [0.15, 0.2) is 49.1 Å². The summed E-state index contributed by atoms with van der Waals surface area (Å²) in [5, 5.41) is 2.82. The van der Waals surface area contributed by atoms with Gasteiger partial charge in [-0.1, -0.05) is 6.08 Å². The van der Waals surface area contributed by atoms with Crippen LogP contribution in [0.3, 0.4) is 0 Å². The van der Waals surface area contributed by atoms with E-state index in [1.807, 2.05) is 0 Å². The average molecular weight is 352 g/mol. The van der Waals surface area contributed by atoms with Crippen molar-refractivity contribution in [3.05, 3.63) is 54.6 Å². The molecule has 0 aromatic heterocycles. The molecule has 2 aliphatic rings. The van der Waals surface area contributed by atoms with Gasteiger partial charge in [-0.15, -0.1) is 6.58 Å². The molecule has 132 valence electrons. The molecule has 0 spiro atoms. The third-order valence-electron chi connectivity index (χ3n) is 4.11. The van der Waals surface area contributed by atoms with Gasteiger partial charge in [-0.25, -0.2) is 0 Å². The lowest BCUT2D eigenvalue weighted by Gasteiger charge is -2.28. The van der Waals surface area contributed by atoms with Crippen molar-refractivity contribution < 1.29 is 23.8 Å². The molecular formula is C19H16N2O5. The highest BCUT2D eigenvalue weighted by Gasteiger charge is 2.25. The lowest BCUT2D eigenvalue weighted by atomic mass is 10.1. The van der Waals surface area contributed by atoms with E-state index in [0.29, 0.717) is 40.7 Å². The van der Waals surface area contributed by atoms with Crippen LogP contribution in [0.5, 0.6) is 17.2 Å². The van der Waals surface area contributed by atoms with E-state index in [2.05, 4.69) is 11.9 Å². The van der Waals surface area contributed by atoms with Crippen molar-refractivity contribution in [3.8, 4) is 17.2 Å². The number of nitrogens with one attached hydrogen (secondary N) is 1. The highest BCUT2D eigenvalue weighted by atomic mass is 16.7. The monoisotopic (exact) mass is 352 g/mol. The smallest absolute Gasteiger partial charge is 0.265 e. The van der Waals surface area contributed by atoms with Gasteiger partial charge in [0.2, 0.25) is 6.79 Å². The summed E-state index contributed by atoms with van der Waals surface area (Å²) < 4.78 is 16.0. The fourth-order valence-electron chi connectivity index (χ4n) is 2.85. The molecule has 2 amide bonds. The number of carbonyl (C=O) groups excluding carboxylic acids is 2. The highest BCUT2D eigenvalue weighted by Crippen LogP contribution is 2.35. The van der Waals surface area contributed by atoms with E-state index in [-0.39, 0.29) is 25.2 Å². The Kier molecular flexibility index (Phi) is 3.96. The molecule has 1 N–H and O–H groups in total. The molecule has 0 fully saturated rings. The number of anilines is 2. The van der Waals surface area contributed by atoms with Crippen LogP contribution < -0.4 is 24.4 Å². The molecule has 2 heterocycles. The number of carbonyl (C=O) groups is 2. The molecule has 2 aromatic rings. The molecule has 0 atom stereocenters. The molecule has 0 unspecified atom stereocenters. The summed E-state index contributed by atoms with van der Waals surface area (Å²) in [6, 6.07) is 10.2. The summed E-state index contributed by atoms with van der Waals surface area (Å²) in [5.74, 6) is 1.30. The first-order chi connectivity index (χ1) is 12.7. The minimum Gasteiger partial charge on any atom is -0.482 e. The molecule has 0 saturated carbocycles. The van der Waals surface area contributed by atoms with Crippen molar-refractivity contribution >= 4 is 23.2 Å². The van der Waals surface area contributed by atoms with Gasteiger partial charge in [-0.2, -0.15) is 0 Å². The van der Waals surface area contributed by atoms with Gasteiger partial charge in [0.25, 0.3) is 11.8 Å². The van der Waals surface area contributed by atoms with E-state index >= 15 is 0 Å². The molecule has 0 aliphatic carbocycles. The Morgan fingerprint density at radius 1 is 1.12 bits per heavy atom. The largest absolute Gasteiger partial charge is 0.482 e. The number of amides is 2. The Hall–Kier alpha value is -3.48. The van der Waals surface area contributed by atoms with Crippen molar-refractivity contribution in [1.29, 1.82) is 0 Å². The zero-order valence-electron chi connectivity index (χ0n) is 13.9. The Bertz CT molecular complexity index is 909. The molecule has 4 rings (SSSR count). The topological polar surface area (TPSA) is 77.1 Å². The summed E-state index contributed by atoms with van der Waals surface area (Å²) in [7, 11) is 0. The predicted molar refractivity (Wildman–Crippen MR) is 95.0 cm³/mol. The summed E-state index contributed by atoms with van der Waals surface area (Å²) in [4.78, 5) is 26.1. The number of ether oxygens (including phenoxy) is 3. The summed E-state index contributed by atoms with van der Waals surface area (Å²) in [6.45, 7) is 4.19. The van der Waals surface area contributed by atoms with Gasteiger partial charge in [0, 0.05) is 17.8 Å². The molecule has 7 heteroatoms. The first-order valence-corrected chi connectivity index (χ1v) is 8.05. The lowest BCUT2D eigenvalue weighted by molar-refractivity contribution is -0.121. The fourth-order valence-corrected chi connectivity index (χ4v) is 2.85. The summed E-state index contributed by atoms with van der Waals surface area (Å²) >= 11 is 0. The van der Waals surface area contributed by atoms with Crippen molar-refractivity contribution in [2.24, 2.45) is 0 Å². The van der Waals surface area contributed by atoms with Gasteiger partial charge in [0.1, 0.15) is 5.75 Å². The number of rotatable bonds is 4. The van der Waals surface area contributed by atoms with Crippen LogP contribution in [0.25, 0.3) is 0 Å². The fraction of sp³-hybridized carbons (Fsp3) is 0.158. The Balaban J connectivity index is 1.58. The van der Waals surface area contributed by atoms with E-state index in [1.165, 1.54) is 0 Å². The second kappa shape index (κ2) is 6.44. The normalized spacial score (nSPS) is 14.5. The van der Waals surface area contributed by atoms with Crippen LogP contribution in [0.2, 0.25) is 0 Å². The number of fused-ring (bicyclic) bond motifs is 2. The Morgan fingerprint density at radius 2 is 1.92 bits per heavy atom. The van der Waals surface area contributed by atoms with E-state index < -0.39 is 0 Å². The summed E-state index contributed by atoms with van der Waals surface area (Å²) in [6.07, 6.45) is 1.64. The third kappa shape index (κ3) is 2.83. The SMILES string of the molecule is C=CCN1C(=O)COc2ccc(NC(=O)c3ccc4c(c3)OCO4)cc21. The maximum Gasteiger partial charge on any atom is 0.265 e. The van der Waals surface area contributed by atoms with Crippen LogP contribution in [0, 0.1) is 0 Å². The Morgan fingerprint density at radius 3 is 2.77 bits per heavy atom. The van der Waals surface area contributed by atoms with Crippen LogP contribution >= 0.6 is 0 Å². The van der Waals surface area contributed by atoms with Gasteiger partial charge in [-0.3, -0.25) is 9.59 Å². The van der Waals surface area contributed by atoms with Crippen LogP contribution in [-0.2, 0) is 4.79 Å². The molecular weight excluding hydrogens is 336 g/mol. The molecule has 0 bridgehead atoms. The number of hydrogen-bond acceptors (Lipinski definition) is 5. The van der Waals surface area contributed by atoms with Gasteiger partial charge < -0.3 is 24.4 Å². The molecule has 2 aliphatic heterocycles. The minimum absolute atomic E-state index is 0.0102. The second-order valence-corrected chi connectivity index (χ2v) is 5.79. The van der Waals surface area contributed by atoms with Crippen LogP contribution in [-0.4, -0.2) is 31.8 Å². The van der Waals surface area contributed by atoms with Gasteiger partial charge in [-0.05, 0) is 36.4 Å². The molecule has 2 aromatic carbocycles. The quantitative estimate of drug-likeness (QED) is 0.856. The van der Waals surface area contributed by atoms with E-state index in [9.17, 15) is 9.59 Å². The zero-order valence-corrected chi connectivity index (χ0v) is 13.9. The third-order valence-corrected chi connectivity index (χ3v) is 4.11. The van der Waals surface area contributed by atoms with Gasteiger partial charge >= 0.3 is 0 Å². The maximum atomic E-state index is 12.5. The van der Waals surface area contributed by atoms with Crippen LogP contribution in [0.4, 0.5) is 11.4 Å². The summed E-state index contributed by atoms with van der Waals surface area (Å²) in [5.41, 5.74) is 1.60. The second-order valence-electron chi connectivity index (χ2n) is 5.79. The predicted octanol–water partition coefficient (Wildman–Crippen LogP) is 2.58. The minimum atomic E-state index is -0.290. The zero-order chi connectivity index (χ0) is 18.1. The Labute approximate surface area is 149 Å². The molecule has 7 nitrogen and oxygen atoms in total. The maximum absolute atomic E-state index is 12.5. The average Bonchev–Trinajstić information content (AvgIpc) is 3.12. The lowest BCUT2D eigenvalue weighted by Crippen LogP contribution is -2.38. The number of benzene rings is 2. The molecule has 0 saturated heterocycles.